The predicted molar refractivity (Wildman–Crippen MR) is 55.2 cm³/mol. The summed E-state index contributed by atoms with van der Waals surface area (Å²) in [4.78, 5) is 11.0. The van der Waals surface area contributed by atoms with Gasteiger partial charge in [-0.1, -0.05) is 0 Å². The topological polar surface area (TPSA) is 76.7 Å². The minimum absolute atomic E-state index is 0.168. The lowest BCUT2D eigenvalue weighted by atomic mass is 10.1. The highest BCUT2D eigenvalue weighted by molar-refractivity contribution is 6.29. The molecule has 0 heterocycles. The molecule has 1 aromatic carbocycles. The predicted octanol–water partition coefficient (Wildman–Crippen LogP) is 1.61. The molecule has 0 aliphatic heterocycles. The largest absolute Gasteiger partial charge is 0.325 e. The number of alkyl halides is 1. The zero-order chi connectivity index (χ0) is 11.3. The minimum atomic E-state index is -0.379. The number of nitrogens with zero attached hydrogens (tertiary/aromatic N) is 2. The average Bonchev–Trinajstić information content (AvgIpc) is 2.28. The Hall–Kier alpha value is -2.04. The molecule has 0 atom stereocenters. The fourth-order valence-electron chi connectivity index (χ4n) is 1.02. The first-order valence-corrected chi connectivity index (χ1v) is 4.54. The van der Waals surface area contributed by atoms with Gasteiger partial charge in [-0.2, -0.15) is 10.5 Å². The Bertz CT molecular complexity index is 438. The molecule has 0 aliphatic carbocycles. The number of carbonyl (C=O) groups excluding carboxylic acids is 1. The number of halogens is 1. The van der Waals surface area contributed by atoms with Crippen molar-refractivity contribution >= 4 is 23.2 Å². The van der Waals surface area contributed by atoms with Crippen LogP contribution in [0.1, 0.15) is 11.1 Å². The fourth-order valence-corrected chi connectivity index (χ4v) is 1.09. The molecule has 0 saturated carbocycles. The molecule has 0 spiro atoms. The molecule has 0 radical (unpaired) electrons. The maximum atomic E-state index is 11.0. The van der Waals surface area contributed by atoms with Gasteiger partial charge >= 0.3 is 0 Å². The first kappa shape index (κ1) is 11.0. The van der Waals surface area contributed by atoms with Crippen molar-refractivity contribution in [3.63, 3.8) is 0 Å². The second-order valence-electron chi connectivity index (χ2n) is 2.70. The summed E-state index contributed by atoms with van der Waals surface area (Å²) >= 11 is 5.31. The molecule has 0 aliphatic rings. The van der Waals surface area contributed by atoms with Crippen molar-refractivity contribution in [3.8, 4) is 12.1 Å². The summed E-state index contributed by atoms with van der Waals surface area (Å²) in [6.45, 7) is 0. The quantitative estimate of drug-likeness (QED) is 0.768. The molecule has 0 aromatic heterocycles. The van der Waals surface area contributed by atoms with Crippen LogP contribution in [0.3, 0.4) is 0 Å². The van der Waals surface area contributed by atoms with E-state index in [1.807, 2.05) is 12.1 Å². The number of rotatable bonds is 2. The van der Waals surface area contributed by atoms with Gasteiger partial charge in [-0.3, -0.25) is 4.79 Å². The molecule has 1 rings (SSSR count). The van der Waals surface area contributed by atoms with Gasteiger partial charge in [-0.15, -0.1) is 11.6 Å². The smallest absolute Gasteiger partial charge is 0.239 e. The van der Waals surface area contributed by atoms with Gasteiger partial charge in [0, 0.05) is 5.69 Å². The van der Waals surface area contributed by atoms with Crippen LogP contribution in [0.15, 0.2) is 18.2 Å². The summed E-state index contributed by atoms with van der Waals surface area (Å²) in [5.41, 5.74) is 1.04. The highest BCUT2D eigenvalue weighted by atomic mass is 35.5. The van der Waals surface area contributed by atoms with Crippen LogP contribution < -0.4 is 5.32 Å². The van der Waals surface area contributed by atoms with Crippen LogP contribution in [0.5, 0.6) is 0 Å². The number of hydrogen-bond acceptors (Lipinski definition) is 3. The molecule has 15 heavy (non-hydrogen) atoms. The SMILES string of the molecule is N#Cc1cc(C#N)cc(NC(=O)CCl)c1. The van der Waals surface area contributed by atoms with E-state index >= 15 is 0 Å². The molecule has 4 nitrogen and oxygen atoms in total. The number of amides is 1. The van der Waals surface area contributed by atoms with Crippen LogP contribution in [0.2, 0.25) is 0 Å². The molecule has 0 fully saturated rings. The van der Waals surface area contributed by atoms with Gasteiger partial charge in [0.15, 0.2) is 0 Å². The van der Waals surface area contributed by atoms with Crippen LogP contribution >= 0.6 is 11.6 Å². The summed E-state index contributed by atoms with van der Waals surface area (Å²) in [7, 11) is 0. The Morgan fingerprint density at radius 3 is 2.20 bits per heavy atom. The highest BCUT2D eigenvalue weighted by Crippen LogP contribution is 2.13. The third kappa shape index (κ3) is 2.98. The van der Waals surface area contributed by atoms with Gasteiger partial charge in [0.05, 0.1) is 23.3 Å². The summed E-state index contributed by atoms with van der Waals surface area (Å²) in [5.74, 6) is -0.547. The third-order valence-corrected chi connectivity index (χ3v) is 1.84. The molecule has 1 N–H and O–H groups in total. The Morgan fingerprint density at radius 1 is 1.27 bits per heavy atom. The van der Waals surface area contributed by atoms with E-state index < -0.39 is 0 Å². The Labute approximate surface area is 91.7 Å². The lowest BCUT2D eigenvalue weighted by Gasteiger charge is -2.03. The van der Waals surface area contributed by atoms with E-state index in [4.69, 9.17) is 22.1 Å². The highest BCUT2D eigenvalue weighted by Gasteiger charge is 2.03. The van der Waals surface area contributed by atoms with E-state index in [1.54, 1.807) is 0 Å². The standard InChI is InChI=1S/C10H6ClN3O/c11-4-10(15)14-9-2-7(5-12)1-8(3-9)6-13/h1-3H,4H2,(H,14,15). The van der Waals surface area contributed by atoms with Crippen LogP contribution in [0.4, 0.5) is 5.69 Å². The Morgan fingerprint density at radius 2 is 1.80 bits per heavy atom. The number of nitriles is 2. The molecule has 1 aromatic rings. The summed E-state index contributed by atoms with van der Waals surface area (Å²) < 4.78 is 0. The first-order chi connectivity index (χ1) is 7.19. The molecule has 1 amide bonds. The van der Waals surface area contributed by atoms with Crippen LogP contribution in [-0.4, -0.2) is 11.8 Å². The number of carbonyl (C=O) groups is 1. The number of anilines is 1. The molecule has 0 saturated heterocycles. The normalized spacial score (nSPS) is 8.73. The van der Waals surface area contributed by atoms with Gasteiger partial charge in [-0.05, 0) is 18.2 Å². The summed E-state index contributed by atoms with van der Waals surface area (Å²) in [5, 5.41) is 19.8. The number of hydrogen-bond donors (Lipinski definition) is 1. The van der Waals surface area contributed by atoms with E-state index in [2.05, 4.69) is 5.32 Å². The molecular formula is C10H6ClN3O. The third-order valence-electron chi connectivity index (χ3n) is 1.60. The van der Waals surface area contributed by atoms with E-state index in [0.717, 1.165) is 0 Å². The summed E-state index contributed by atoms with van der Waals surface area (Å²) in [6.07, 6.45) is 0. The molecule has 5 heteroatoms. The van der Waals surface area contributed by atoms with Crippen molar-refractivity contribution in [2.75, 3.05) is 11.2 Å². The Balaban J connectivity index is 3.04. The first-order valence-electron chi connectivity index (χ1n) is 4.00. The van der Waals surface area contributed by atoms with Crippen molar-refractivity contribution < 1.29 is 4.79 Å². The second kappa shape index (κ2) is 4.99. The van der Waals surface area contributed by atoms with Gasteiger partial charge in [0.1, 0.15) is 5.88 Å². The zero-order valence-electron chi connectivity index (χ0n) is 7.62. The van der Waals surface area contributed by atoms with Crippen molar-refractivity contribution in [3.05, 3.63) is 29.3 Å². The molecule has 0 bridgehead atoms. The van der Waals surface area contributed by atoms with Gasteiger partial charge in [0.2, 0.25) is 5.91 Å². The van der Waals surface area contributed by atoms with E-state index in [0.29, 0.717) is 16.8 Å². The van der Waals surface area contributed by atoms with Crippen molar-refractivity contribution in [1.29, 1.82) is 10.5 Å². The van der Waals surface area contributed by atoms with E-state index in [9.17, 15) is 4.79 Å². The van der Waals surface area contributed by atoms with E-state index in [1.165, 1.54) is 18.2 Å². The average molecular weight is 220 g/mol. The van der Waals surface area contributed by atoms with Gasteiger partial charge < -0.3 is 5.32 Å². The maximum absolute atomic E-state index is 11.0. The maximum Gasteiger partial charge on any atom is 0.239 e. The van der Waals surface area contributed by atoms with Gasteiger partial charge in [0.25, 0.3) is 0 Å². The minimum Gasteiger partial charge on any atom is -0.325 e. The molecular weight excluding hydrogens is 214 g/mol. The number of nitrogens with one attached hydrogen (secondary N) is 1. The second-order valence-corrected chi connectivity index (χ2v) is 2.97. The zero-order valence-corrected chi connectivity index (χ0v) is 8.38. The fraction of sp³-hybridized carbons (Fsp3) is 0.100. The molecule has 74 valence electrons. The van der Waals surface area contributed by atoms with E-state index in [-0.39, 0.29) is 11.8 Å². The Kier molecular flexibility index (Phi) is 3.68. The van der Waals surface area contributed by atoms with Gasteiger partial charge in [-0.25, -0.2) is 0 Å². The van der Waals surface area contributed by atoms with Crippen molar-refractivity contribution in [2.45, 2.75) is 0 Å². The van der Waals surface area contributed by atoms with Crippen molar-refractivity contribution in [1.82, 2.24) is 0 Å². The lowest BCUT2D eigenvalue weighted by molar-refractivity contribution is -0.113. The van der Waals surface area contributed by atoms with Crippen LogP contribution in [0, 0.1) is 22.7 Å². The molecule has 0 unspecified atom stereocenters. The summed E-state index contributed by atoms with van der Waals surface area (Å²) in [6, 6.07) is 8.19. The van der Waals surface area contributed by atoms with Crippen LogP contribution in [0.25, 0.3) is 0 Å². The monoisotopic (exact) mass is 219 g/mol. The van der Waals surface area contributed by atoms with Crippen molar-refractivity contribution in [2.24, 2.45) is 0 Å². The lowest BCUT2D eigenvalue weighted by Crippen LogP contribution is -2.12. The number of benzene rings is 1. The van der Waals surface area contributed by atoms with Crippen LogP contribution in [-0.2, 0) is 4.79 Å².